The van der Waals surface area contributed by atoms with Crippen LogP contribution in [0.25, 0.3) is 0 Å². The summed E-state index contributed by atoms with van der Waals surface area (Å²) in [5.41, 5.74) is 1.26. The van der Waals surface area contributed by atoms with Crippen LogP contribution in [0.5, 0.6) is 0 Å². The maximum atomic E-state index is 3.97. The van der Waals surface area contributed by atoms with Crippen LogP contribution in [0.4, 0.5) is 0 Å². The van der Waals surface area contributed by atoms with Crippen LogP contribution < -0.4 is 0 Å². The zero-order chi connectivity index (χ0) is 18.9. The topological polar surface area (TPSA) is 15.6 Å². The van der Waals surface area contributed by atoms with Gasteiger partial charge >= 0.3 is 0 Å². The second-order valence-electron chi connectivity index (χ2n) is 11.1. The molecule has 4 aliphatic rings. The highest BCUT2D eigenvalue weighted by molar-refractivity contribution is 5.56. The molecule has 0 radical (unpaired) electrons. The van der Waals surface area contributed by atoms with Crippen LogP contribution in [0.2, 0.25) is 0 Å². The molecule has 3 aliphatic carbocycles. The van der Waals surface area contributed by atoms with Crippen LogP contribution in [0.3, 0.4) is 0 Å². The molecule has 1 aliphatic heterocycles. The first-order chi connectivity index (χ1) is 12.2. The Morgan fingerprint density at radius 1 is 0.923 bits per heavy atom. The number of nitrogens with zero attached hydrogens (tertiary/aromatic N) is 2. The molecule has 0 aromatic rings. The minimum Gasteiger partial charge on any atom is -0.364 e. The molecule has 1 heterocycles. The number of likely N-dealkylation sites (N-methyl/N-ethyl adjacent to an activating group) is 1. The molecule has 2 nitrogen and oxygen atoms in total. The molecule has 150 valence electrons. The van der Waals surface area contributed by atoms with E-state index in [-0.39, 0.29) is 0 Å². The summed E-state index contributed by atoms with van der Waals surface area (Å²) in [5, 5.41) is 0. The molecule has 0 saturated heterocycles. The van der Waals surface area contributed by atoms with Crippen LogP contribution in [0, 0.1) is 40.4 Å². The molecule has 6 atom stereocenters. The van der Waals surface area contributed by atoms with Gasteiger partial charge in [-0.15, -0.1) is 0 Å². The number of fused-ring (bicyclic) bond motifs is 3. The van der Waals surface area contributed by atoms with E-state index in [1.54, 1.807) is 0 Å². The molecule has 0 aromatic carbocycles. The Morgan fingerprint density at radius 3 is 2.27 bits per heavy atom. The summed E-state index contributed by atoms with van der Waals surface area (Å²) in [6.07, 6.45) is 13.9. The highest BCUT2D eigenvalue weighted by atomic mass is 15.2. The number of rotatable bonds is 0. The average molecular weight is 361 g/mol. The average Bonchev–Trinajstić information content (AvgIpc) is 3.03. The van der Waals surface area contributed by atoms with E-state index in [1.165, 1.54) is 51.4 Å². The first-order valence-electron chi connectivity index (χ1n) is 11.4. The number of hydrogen-bond acceptors (Lipinski definition) is 2. The van der Waals surface area contributed by atoms with Crippen LogP contribution in [-0.4, -0.2) is 31.4 Å². The van der Waals surface area contributed by atoms with Crippen molar-refractivity contribution in [2.75, 3.05) is 20.1 Å². The van der Waals surface area contributed by atoms with E-state index in [0.717, 1.165) is 42.7 Å². The van der Waals surface area contributed by atoms with Crippen LogP contribution in [-0.2, 0) is 0 Å². The van der Waals surface area contributed by atoms with Gasteiger partial charge in [-0.3, -0.25) is 4.99 Å². The van der Waals surface area contributed by atoms with Gasteiger partial charge in [-0.1, -0.05) is 53.9 Å². The molecule has 4 rings (SSSR count). The molecule has 26 heavy (non-hydrogen) atoms. The lowest BCUT2D eigenvalue weighted by Crippen LogP contribution is -2.48. The van der Waals surface area contributed by atoms with Gasteiger partial charge in [0.05, 0.1) is 12.9 Å². The van der Waals surface area contributed by atoms with E-state index in [4.69, 9.17) is 0 Å². The van der Waals surface area contributed by atoms with Gasteiger partial charge in [-0.25, -0.2) is 0 Å². The largest absolute Gasteiger partial charge is 0.364 e. The second kappa shape index (κ2) is 7.84. The molecule has 0 amide bonds. The van der Waals surface area contributed by atoms with E-state index >= 15 is 0 Å². The fourth-order valence-electron chi connectivity index (χ4n) is 7.14. The maximum absolute atomic E-state index is 3.97. The van der Waals surface area contributed by atoms with Crippen molar-refractivity contribution in [3.8, 4) is 0 Å². The molecular formula is C24H44N2. The van der Waals surface area contributed by atoms with Crippen molar-refractivity contribution in [3.63, 3.8) is 0 Å². The molecule has 2 bridgehead atoms. The fraction of sp³-hybridized carbons (Fsp3) is 0.958. The van der Waals surface area contributed by atoms with Crippen molar-refractivity contribution in [3.05, 3.63) is 0 Å². The van der Waals surface area contributed by atoms with Gasteiger partial charge in [0, 0.05) is 13.6 Å². The number of aliphatic imine (C=N–C) groups is 1. The normalized spacial score (nSPS) is 44.4. The molecule has 0 aromatic heterocycles. The molecular weight excluding hydrogens is 316 g/mol. The van der Waals surface area contributed by atoms with E-state index in [9.17, 15) is 0 Å². The Morgan fingerprint density at radius 2 is 1.65 bits per heavy atom. The summed E-state index contributed by atoms with van der Waals surface area (Å²) >= 11 is 0. The van der Waals surface area contributed by atoms with E-state index in [2.05, 4.69) is 44.5 Å². The summed E-state index contributed by atoms with van der Waals surface area (Å²) in [5.74, 6) is 4.92. The van der Waals surface area contributed by atoms with Crippen molar-refractivity contribution in [1.29, 1.82) is 0 Å². The van der Waals surface area contributed by atoms with Gasteiger partial charge in [0.15, 0.2) is 0 Å². The third kappa shape index (κ3) is 3.99. The number of hydrogen-bond donors (Lipinski definition) is 0. The van der Waals surface area contributed by atoms with Crippen LogP contribution >= 0.6 is 0 Å². The third-order valence-electron chi connectivity index (χ3n) is 9.08. The molecule has 0 unspecified atom stereocenters. The van der Waals surface area contributed by atoms with Crippen LogP contribution in [0.15, 0.2) is 4.99 Å². The molecule has 3 fully saturated rings. The van der Waals surface area contributed by atoms with Gasteiger partial charge in [-0.2, -0.15) is 0 Å². The Bertz CT molecular complexity index is 496. The van der Waals surface area contributed by atoms with E-state index < -0.39 is 0 Å². The zero-order valence-electron chi connectivity index (χ0n) is 18.4. The summed E-state index contributed by atoms with van der Waals surface area (Å²) in [4.78, 5) is 6.03. The van der Waals surface area contributed by atoms with E-state index in [0.29, 0.717) is 10.8 Å². The van der Waals surface area contributed by atoms with Crippen LogP contribution in [0.1, 0.15) is 86.0 Å². The fourth-order valence-corrected chi connectivity index (χ4v) is 7.14. The van der Waals surface area contributed by atoms with Gasteiger partial charge < -0.3 is 4.90 Å². The Kier molecular flexibility index (Phi) is 6.09. The minimum absolute atomic E-state index is 0.593. The SMILES string of the molecule is CN1C=NCC1.C[C@@H]1CCC[C@@]2(C)CC[C@H]3[C@H](C)CC[C@@H](C[C@H]12)C3(C)C. The quantitative estimate of drug-likeness (QED) is 0.497. The standard InChI is InChI=1S/C20H36.C4H8N2/c1-14-7-6-11-20(5)12-10-17-15(2)8-9-16(13-18(14)20)19(17,3)4;1-6-3-2-5-4-6/h14-18H,6-13H2,1-5H3;4H,2-3H2,1H3/t14-,15-,16+,17+,18-,20+;/m1./s1. The lowest BCUT2D eigenvalue weighted by molar-refractivity contribution is -0.0692. The monoisotopic (exact) mass is 360 g/mol. The van der Waals surface area contributed by atoms with E-state index in [1.807, 2.05) is 13.4 Å². The molecule has 3 saturated carbocycles. The maximum Gasteiger partial charge on any atom is 0.0848 e. The predicted octanol–water partition coefficient (Wildman–Crippen LogP) is 6.26. The molecule has 0 spiro atoms. The lowest BCUT2D eigenvalue weighted by Gasteiger charge is -2.57. The Labute approximate surface area is 163 Å². The first-order valence-corrected chi connectivity index (χ1v) is 11.4. The highest BCUT2D eigenvalue weighted by Gasteiger charge is 2.50. The van der Waals surface area contributed by atoms with Gasteiger partial charge in [0.2, 0.25) is 0 Å². The van der Waals surface area contributed by atoms with Crippen molar-refractivity contribution in [2.45, 2.75) is 86.0 Å². The van der Waals surface area contributed by atoms with Gasteiger partial charge in [0.25, 0.3) is 0 Å². The van der Waals surface area contributed by atoms with Crippen molar-refractivity contribution >= 4 is 6.34 Å². The zero-order valence-corrected chi connectivity index (χ0v) is 18.4. The summed E-state index contributed by atoms with van der Waals surface area (Å²) in [6, 6.07) is 0. The van der Waals surface area contributed by atoms with Crippen molar-refractivity contribution < 1.29 is 0 Å². The van der Waals surface area contributed by atoms with Gasteiger partial charge in [-0.05, 0) is 72.5 Å². The highest BCUT2D eigenvalue weighted by Crippen LogP contribution is 2.60. The molecule has 2 heteroatoms. The van der Waals surface area contributed by atoms with Crippen molar-refractivity contribution in [1.82, 2.24) is 4.90 Å². The third-order valence-corrected chi connectivity index (χ3v) is 9.08. The second-order valence-corrected chi connectivity index (χ2v) is 11.1. The summed E-state index contributed by atoms with van der Waals surface area (Å²) < 4.78 is 0. The Hall–Kier alpha value is -0.530. The molecule has 0 N–H and O–H groups in total. The summed E-state index contributed by atoms with van der Waals surface area (Å²) in [7, 11) is 2.02. The smallest absolute Gasteiger partial charge is 0.0848 e. The lowest BCUT2D eigenvalue weighted by atomic mass is 9.48. The van der Waals surface area contributed by atoms with Gasteiger partial charge in [0.1, 0.15) is 0 Å². The minimum atomic E-state index is 0.593. The first kappa shape index (κ1) is 20.2. The van der Waals surface area contributed by atoms with Crippen molar-refractivity contribution in [2.24, 2.45) is 45.4 Å². The summed E-state index contributed by atoms with van der Waals surface area (Å²) in [6.45, 7) is 15.0. The Balaban J connectivity index is 0.000000278. The predicted molar refractivity (Wildman–Crippen MR) is 114 cm³/mol.